The molecule has 174 valence electrons. The van der Waals surface area contributed by atoms with Crippen LogP contribution in [-0.4, -0.2) is 48.1 Å². The topological polar surface area (TPSA) is 75.7 Å². The van der Waals surface area contributed by atoms with Crippen molar-refractivity contribution >= 4 is 17.8 Å². The van der Waals surface area contributed by atoms with E-state index in [0.29, 0.717) is 0 Å². The highest BCUT2D eigenvalue weighted by Gasteiger charge is 2.70. The van der Waals surface area contributed by atoms with Crippen molar-refractivity contribution in [2.45, 2.75) is 25.1 Å². The summed E-state index contributed by atoms with van der Waals surface area (Å²) < 4.78 is 62.1. The molecule has 1 aliphatic rings. The Kier molecular flexibility index (Phi) is 6.57. The Labute approximate surface area is 186 Å². The van der Waals surface area contributed by atoms with Gasteiger partial charge in [0.15, 0.2) is 0 Å². The van der Waals surface area contributed by atoms with Crippen LogP contribution in [-0.2, 0) is 20.7 Å². The van der Waals surface area contributed by atoms with Crippen LogP contribution in [0.4, 0.5) is 17.6 Å². The summed E-state index contributed by atoms with van der Waals surface area (Å²) in [5.74, 6) is -5.60. The molecule has 0 aliphatic carbocycles. The molecule has 1 atom stereocenters. The maximum Gasteiger partial charge on any atom is 0.425 e. The van der Waals surface area contributed by atoms with Gasteiger partial charge < -0.3 is 15.0 Å². The Bertz CT molecular complexity index is 1110. The van der Waals surface area contributed by atoms with Crippen molar-refractivity contribution in [2.75, 3.05) is 13.7 Å². The van der Waals surface area contributed by atoms with E-state index in [1.165, 1.54) is 12.1 Å². The van der Waals surface area contributed by atoms with E-state index in [4.69, 9.17) is 0 Å². The lowest BCUT2D eigenvalue weighted by molar-refractivity contribution is -0.192. The molecule has 1 aliphatic heterocycles. The van der Waals surface area contributed by atoms with Crippen molar-refractivity contribution in [1.82, 2.24) is 10.2 Å². The summed E-state index contributed by atoms with van der Waals surface area (Å²) in [6, 6.07) is 13.1. The SMILES string of the molecule is COC(=O)C1=C(C)N(CCc2ccccc2)C(=O)[C@@]1(NC(=O)c1ccccc1F)C(F)(F)F. The highest BCUT2D eigenvalue weighted by atomic mass is 19.4. The summed E-state index contributed by atoms with van der Waals surface area (Å²) in [5.41, 5.74) is -5.08. The molecular formula is C23H20F4N2O4. The van der Waals surface area contributed by atoms with Crippen LogP contribution in [0.25, 0.3) is 0 Å². The van der Waals surface area contributed by atoms with Crippen molar-refractivity contribution in [3.63, 3.8) is 0 Å². The van der Waals surface area contributed by atoms with E-state index in [2.05, 4.69) is 4.74 Å². The van der Waals surface area contributed by atoms with Crippen molar-refractivity contribution in [1.29, 1.82) is 0 Å². The van der Waals surface area contributed by atoms with E-state index in [9.17, 15) is 31.9 Å². The van der Waals surface area contributed by atoms with Crippen LogP contribution in [0.5, 0.6) is 0 Å². The second kappa shape index (κ2) is 9.05. The molecule has 0 saturated heterocycles. The predicted octanol–water partition coefficient (Wildman–Crippen LogP) is 3.39. The Morgan fingerprint density at radius 3 is 2.24 bits per heavy atom. The molecule has 0 radical (unpaired) electrons. The molecule has 3 rings (SSSR count). The highest BCUT2D eigenvalue weighted by Crippen LogP contribution is 2.45. The molecule has 2 aromatic rings. The number of alkyl halides is 3. The van der Waals surface area contributed by atoms with E-state index in [0.717, 1.165) is 36.6 Å². The molecule has 0 fully saturated rings. The number of esters is 1. The number of hydrogen-bond donors (Lipinski definition) is 1. The van der Waals surface area contributed by atoms with Gasteiger partial charge in [-0.2, -0.15) is 13.2 Å². The van der Waals surface area contributed by atoms with Crippen molar-refractivity contribution in [3.8, 4) is 0 Å². The molecule has 0 saturated carbocycles. The summed E-state index contributed by atoms with van der Waals surface area (Å²) in [6.07, 6.45) is -5.25. The Morgan fingerprint density at radius 2 is 1.67 bits per heavy atom. The van der Waals surface area contributed by atoms with Gasteiger partial charge >= 0.3 is 12.1 Å². The lowest BCUT2D eigenvalue weighted by atomic mass is 9.88. The van der Waals surface area contributed by atoms with Crippen LogP contribution < -0.4 is 5.32 Å². The van der Waals surface area contributed by atoms with Crippen LogP contribution in [0.15, 0.2) is 65.9 Å². The molecule has 10 heteroatoms. The summed E-state index contributed by atoms with van der Waals surface area (Å²) >= 11 is 0. The van der Waals surface area contributed by atoms with Gasteiger partial charge in [0.2, 0.25) is 0 Å². The van der Waals surface area contributed by atoms with Crippen LogP contribution in [0.1, 0.15) is 22.8 Å². The molecule has 1 N–H and O–H groups in total. The first-order valence-corrected chi connectivity index (χ1v) is 9.84. The number of carbonyl (C=O) groups excluding carboxylic acids is 3. The third-order valence-electron chi connectivity index (χ3n) is 5.41. The zero-order valence-corrected chi connectivity index (χ0v) is 17.7. The molecule has 0 bridgehead atoms. The zero-order valence-electron chi connectivity index (χ0n) is 17.7. The molecule has 0 spiro atoms. The van der Waals surface area contributed by atoms with Gasteiger partial charge in [-0.25, -0.2) is 9.18 Å². The fourth-order valence-corrected chi connectivity index (χ4v) is 3.76. The minimum Gasteiger partial charge on any atom is -0.466 e. The number of nitrogens with one attached hydrogen (secondary N) is 1. The fraction of sp³-hybridized carbons (Fsp3) is 0.261. The molecule has 0 aromatic heterocycles. The number of carbonyl (C=O) groups is 3. The van der Waals surface area contributed by atoms with Gasteiger partial charge in [-0.3, -0.25) is 9.59 Å². The summed E-state index contributed by atoms with van der Waals surface area (Å²) in [7, 11) is 0.861. The highest BCUT2D eigenvalue weighted by molar-refractivity contribution is 6.11. The van der Waals surface area contributed by atoms with Crippen LogP contribution in [0.2, 0.25) is 0 Å². The largest absolute Gasteiger partial charge is 0.466 e. The number of ether oxygens (including phenoxy) is 1. The number of hydrogen-bond acceptors (Lipinski definition) is 4. The van der Waals surface area contributed by atoms with E-state index < -0.39 is 46.5 Å². The third-order valence-corrected chi connectivity index (χ3v) is 5.41. The van der Waals surface area contributed by atoms with Crippen LogP contribution in [0.3, 0.4) is 0 Å². The van der Waals surface area contributed by atoms with Gasteiger partial charge in [-0.05, 0) is 31.0 Å². The average Bonchev–Trinajstić information content (AvgIpc) is 2.99. The summed E-state index contributed by atoms with van der Waals surface area (Å²) in [5, 5.41) is 1.61. The number of amides is 2. The predicted molar refractivity (Wildman–Crippen MR) is 109 cm³/mol. The Morgan fingerprint density at radius 1 is 1.06 bits per heavy atom. The van der Waals surface area contributed by atoms with Gasteiger partial charge in [-0.1, -0.05) is 42.5 Å². The van der Waals surface area contributed by atoms with Crippen molar-refractivity contribution in [3.05, 3.63) is 82.8 Å². The van der Waals surface area contributed by atoms with E-state index in [1.54, 1.807) is 35.6 Å². The molecule has 0 unspecified atom stereocenters. The number of methoxy groups -OCH3 is 1. The van der Waals surface area contributed by atoms with Gasteiger partial charge in [0.25, 0.3) is 17.4 Å². The van der Waals surface area contributed by atoms with E-state index in [1.807, 2.05) is 0 Å². The van der Waals surface area contributed by atoms with E-state index in [-0.39, 0.29) is 18.7 Å². The molecule has 2 amide bonds. The summed E-state index contributed by atoms with van der Waals surface area (Å²) in [4.78, 5) is 39.1. The monoisotopic (exact) mass is 464 g/mol. The lowest BCUT2D eigenvalue weighted by Crippen LogP contribution is -2.66. The third kappa shape index (κ3) is 4.20. The van der Waals surface area contributed by atoms with Gasteiger partial charge in [0.1, 0.15) is 11.4 Å². The Balaban J connectivity index is 2.08. The average molecular weight is 464 g/mol. The normalized spacial score (nSPS) is 18.5. The van der Waals surface area contributed by atoms with Gasteiger partial charge in [-0.15, -0.1) is 0 Å². The molecular weight excluding hydrogens is 444 g/mol. The number of rotatable bonds is 6. The number of benzene rings is 2. The quantitative estimate of drug-likeness (QED) is 0.526. The van der Waals surface area contributed by atoms with Crippen LogP contribution in [0, 0.1) is 5.82 Å². The summed E-state index contributed by atoms with van der Waals surface area (Å²) in [6.45, 7) is 0.973. The first kappa shape index (κ1) is 24.0. The molecule has 6 nitrogen and oxygen atoms in total. The second-order valence-electron chi connectivity index (χ2n) is 7.33. The van der Waals surface area contributed by atoms with Gasteiger partial charge in [0, 0.05) is 12.2 Å². The minimum atomic E-state index is -5.43. The number of allylic oxidation sites excluding steroid dienone is 1. The first-order chi connectivity index (χ1) is 15.5. The number of halogens is 4. The van der Waals surface area contributed by atoms with E-state index >= 15 is 0 Å². The maximum absolute atomic E-state index is 14.5. The maximum atomic E-state index is 14.5. The molecule has 33 heavy (non-hydrogen) atoms. The number of nitrogens with zero attached hydrogens (tertiary/aromatic N) is 1. The van der Waals surface area contributed by atoms with Crippen molar-refractivity contribution < 1.29 is 36.7 Å². The zero-order chi connectivity index (χ0) is 24.4. The minimum absolute atomic E-state index is 0.188. The first-order valence-electron chi connectivity index (χ1n) is 9.84. The Hall–Kier alpha value is -3.69. The fourth-order valence-electron chi connectivity index (χ4n) is 3.76. The lowest BCUT2D eigenvalue weighted by Gasteiger charge is -2.33. The smallest absolute Gasteiger partial charge is 0.425 e. The second-order valence-corrected chi connectivity index (χ2v) is 7.33. The standard InChI is InChI=1S/C23H20F4N2O4/c1-14-18(20(31)33-2)22(23(25,26)27,28-19(30)16-10-6-7-11-17(16)24)21(32)29(14)13-12-15-8-4-3-5-9-15/h3-11H,12-13H2,1-2H3,(H,28,30)/t22-/m1/s1. The van der Waals surface area contributed by atoms with Crippen molar-refractivity contribution in [2.24, 2.45) is 0 Å². The van der Waals surface area contributed by atoms with Crippen LogP contribution >= 0.6 is 0 Å². The van der Waals surface area contributed by atoms with Gasteiger partial charge in [0.05, 0.1) is 12.7 Å². The molecule has 2 aromatic carbocycles. The molecule has 1 heterocycles.